The summed E-state index contributed by atoms with van der Waals surface area (Å²) in [4.78, 5) is 10.9. The Kier molecular flexibility index (Phi) is 5.90. The molecule has 0 bridgehead atoms. The monoisotopic (exact) mass is 340 g/mol. The average molecular weight is 342 g/mol. The number of fused-ring (bicyclic) bond motifs is 1. The Morgan fingerprint density at radius 3 is 2.24 bits per heavy atom. The molecule has 0 saturated heterocycles. The largest absolute Gasteiger partial charge is 0.478 e. The Labute approximate surface area is 119 Å². The fraction of sp³-hybridized carbons (Fsp3) is 0. The Hall–Kier alpha value is -1.34. The van der Waals surface area contributed by atoms with Gasteiger partial charge in [-0.25, -0.2) is 4.79 Å². The van der Waals surface area contributed by atoms with Crippen LogP contribution in [0, 0.1) is 11.3 Å². The van der Waals surface area contributed by atoms with Gasteiger partial charge in [0.2, 0.25) is 0 Å². The van der Waals surface area contributed by atoms with Crippen LogP contribution in [-0.4, -0.2) is 11.1 Å². The van der Waals surface area contributed by atoms with Crippen molar-refractivity contribution in [2.24, 2.45) is 0 Å². The third-order valence-corrected chi connectivity index (χ3v) is 2.27. The summed E-state index contributed by atoms with van der Waals surface area (Å²) in [6, 6.07) is 12.0. The van der Waals surface area contributed by atoms with Crippen LogP contribution in [0.1, 0.15) is 15.9 Å². The Morgan fingerprint density at radius 1 is 1.12 bits per heavy atom. The van der Waals surface area contributed by atoms with Gasteiger partial charge in [-0.15, -0.1) is 17.0 Å². The zero-order chi connectivity index (χ0) is 10.8. The van der Waals surface area contributed by atoms with Gasteiger partial charge in [-0.1, -0.05) is 24.3 Å². The van der Waals surface area contributed by atoms with Crippen LogP contribution in [0.4, 0.5) is 0 Å². The molecule has 91 valence electrons. The molecule has 2 rings (SSSR count). The molecule has 3 nitrogen and oxygen atoms in total. The number of benzene rings is 2. The number of hydrogen-bond acceptors (Lipinski definition) is 2. The van der Waals surface area contributed by atoms with Crippen molar-refractivity contribution < 1.29 is 27.0 Å². The Bertz CT molecular complexity index is 593. The number of rotatable bonds is 1. The van der Waals surface area contributed by atoms with Crippen LogP contribution >= 0.6 is 17.0 Å². The maximum Gasteiger partial charge on any atom is 0.336 e. The van der Waals surface area contributed by atoms with Crippen molar-refractivity contribution in [3.63, 3.8) is 0 Å². The van der Waals surface area contributed by atoms with E-state index in [1.807, 2.05) is 6.07 Å². The van der Waals surface area contributed by atoms with E-state index in [1.165, 1.54) is 12.1 Å². The van der Waals surface area contributed by atoms with Crippen LogP contribution in [0.3, 0.4) is 0 Å². The van der Waals surface area contributed by atoms with Gasteiger partial charge in [0.15, 0.2) is 0 Å². The average Bonchev–Trinajstić information content (AvgIpc) is 2.27. The molecule has 0 fully saturated rings. The van der Waals surface area contributed by atoms with Gasteiger partial charge >= 0.3 is 5.97 Å². The summed E-state index contributed by atoms with van der Waals surface area (Å²) in [5.41, 5.74) is 0.722. The molecule has 0 heterocycles. The number of carboxylic acid groups (broad SMARTS) is 1. The molecule has 1 N–H and O–H groups in total. The van der Waals surface area contributed by atoms with Gasteiger partial charge in [-0.2, -0.15) is 5.26 Å². The number of aromatic carboxylic acids is 1. The predicted molar refractivity (Wildman–Crippen MR) is 65.9 cm³/mol. The third kappa shape index (κ3) is 2.86. The minimum Gasteiger partial charge on any atom is -0.478 e. The summed E-state index contributed by atoms with van der Waals surface area (Å²) in [6.45, 7) is 0. The molecule has 0 aromatic heterocycles. The summed E-state index contributed by atoms with van der Waals surface area (Å²) < 4.78 is 0. The van der Waals surface area contributed by atoms with Gasteiger partial charge in [-0.05, 0) is 17.5 Å². The zero-order valence-electron chi connectivity index (χ0n) is 8.48. The molecule has 2 aromatic carbocycles. The van der Waals surface area contributed by atoms with Crippen LogP contribution in [0.5, 0.6) is 0 Å². The van der Waals surface area contributed by atoms with Crippen molar-refractivity contribution in [1.82, 2.24) is 0 Å². The van der Waals surface area contributed by atoms with Crippen molar-refractivity contribution in [2.75, 3.05) is 0 Å². The molecular formula is C12H8BrCuNO2. The molecule has 0 amide bonds. The molecule has 5 heteroatoms. The maximum absolute atomic E-state index is 10.9. The fourth-order valence-electron chi connectivity index (χ4n) is 1.58. The number of carboxylic acids is 1. The summed E-state index contributed by atoms with van der Waals surface area (Å²) >= 11 is 0. The first-order valence-corrected chi connectivity index (χ1v) is 4.39. The van der Waals surface area contributed by atoms with Crippen LogP contribution in [0.2, 0.25) is 0 Å². The van der Waals surface area contributed by atoms with Crippen molar-refractivity contribution in [1.29, 1.82) is 5.26 Å². The molecule has 0 aliphatic carbocycles. The second kappa shape index (κ2) is 6.41. The first-order valence-electron chi connectivity index (χ1n) is 4.39. The zero-order valence-corrected chi connectivity index (χ0v) is 11.1. The number of carbonyl (C=O) groups is 1. The minimum absolute atomic E-state index is 0. The number of halogens is 1. The quantitative estimate of drug-likeness (QED) is 0.811. The summed E-state index contributed by atoms with van der Waals surface area (Å²) in [7, 11) is 0. The van der Waals surface area contributed by atoms with Gasteiger partial charge in [-0.3, -0.25) is 0 Å². The van der Waals surface area contributed by atoms with Crippen molar-refractivity contribution in [2.45, 2.75) is 0 Å². The molecule has 17 heavy (non-hydrogen) atoms. The van der Waals surface area contributed by atoms with Gasteiger partial charge in [0, 0.05) is 22.5 Å². The number of nitriles is 1. The molecule has 0 saturated carbocycles. The van der Waals surface area contributed by atoms with E-state index < -0.39 is 5.97 Å². The Morgan fingerprint density at radius 2 is 1.71 bits per heavy atom. The van der Waals surface area contributed by atoms with Crippen LogP contribution in [0.25, 0.3) is 10.8 Å². The van der Waals surface area contributed by atoms with Gasteiger partial charge < -0.3 is 5.11 Å². The second-order valence-electron chi connectivity index (χ2n) is 3.12. The first kappa shape index (κ1) is 15.7. The molecule has 0 aliphatic rings. The SMILES string of the molecule is Br.N#Cc1ccc(C(=O)O)c2ccccc12.[Cu]. The minimum atomic E-state index is -0.976. The van der Waals surface area contributed by atoms with E-state index in [0.717, 1.165) is 0 Å². The van der Waals surface area contributed by atoms with Crippen LogP contribution in [-0.2, 0) is 17.1 Å². The van der Waals surface area contributed by atoms with Crippen molar-refractivity contribution >= 4 is 33.7 Å². The van der Waals surface area contributed by atoms with Crippen molar-refractivity contribution in [3.8, 4) is 6.07 Å². The second-order valence-corrected chi connectivity index (χ2v) is 3.12. The van der Waals surface area contributed by atoms with E-state index in [0.29, 0.717) is 16.3 Å². The van der Waals surface area contributed by atoms with E-state index in [1.54, 1.807) is 24.3 Å². The van der Waals surface area contributed by atoms with Gasteiger partial charge in [0.25, 0.3) is 0 Å². The summed E-state index contributed by atoms with van der Waals surface area (Å²) in [5, 5.41) is 19.1. The normalized spacial score (nSPS) is 8.65. The fourth-order valence-corrected chi connectivity index (χ4v) is 1.58. The Balaban J connectivity index is 0.00000128. The number of nitrogens with zero attached hydrogens (tertiary/aromatic N) is 1. The molecule has 0 spiro atoms. The molecular weight excluding hydrogens is 334 g/mol. The maximum atomic E-state index is 10.9. The van der Waals surface area contributed by atoms with E-state index in [9.17, 15) is 4.79 Å². The van der Waals surface area contributed by atoms with Crippen molar-refractivity contribution in [3.05, 3.63) is 47.5 Å². The third-order valence-electron chi connectivity index (χ3n) is 2.27. The van der Waals surface area contributed by atoms with E-state index in [4.69, 9.17) is 10.4 Å². The predicted octanol–water partition coefficient (Wildman–Crippen LogP) is 2.99. The molecule has 0 unspecified atom stereocenters. The first-order chi connectivity index (χ1) is 7.24. The molecule has 1 radical (unpaired) electrons. The summed E-state index contributed by atoms with van der Waals surface area (Å²) in [6.07, 6.45) is 0. The number of hydrogen-bond donors (Lipinski definition) is 1. The summed E-state index contributed by atoms with van der Waals surface area (Å²) in [5.74, 6) is -0.976. The van der Waals surface area contributed by atoms with E-state index >= 15 is 0 Å². The standard InChI is InChI=1S/C12H7NO2.BrH.Cu/c13-7-8-5-6-11(12(14)15)10-4-2-1-3-9(8)10;;/h1-6H,(H,14,15);1H;. The van der Waals surface area contributed by atoms with Gasteiger partial charge in [0.05, 0.1) is 17.2 Å². The molecule has 0 atom stereocenters. The smallest absolute Gasteiger partial charge is 0.336 e. The van der Waals surface area contributed by atoms with E-state index in [2.05, 4.69) is 0 Å². The molecule has 0 aliphatic heterocycles. The van der Waals surface area contributed by atoms with Gasteiger partial charge in [0.1, 0.15) is 0 Å². The van der Waals surface area contributed by atoms with Crippen LogP contribution in [0.15, 0.2) is 36.4 Å². The topological polar surface area (TPSA) is 61.1 Å². The van der Waals surface area contributed by atoms with Crippen LogP contribution < -0.4 is 0 Å². The molecule has 2 aromatic rings. The van der Waals surface area contributed by atoms with E-state index in [-0.39, 0.29) is 39.6 Å².